The second kappa shape index (κ2) is 4.36. The van der Waals surface area contributed by atoms with E-state index >= 15 is 0 Å². The smallest absolute Gasteiger partial charge is 0.0991 e. The van der Waals surface area contributed by atoms with Crippen molar-refractivity contribution in [1.29, 1.82) is 0 Å². The standard InChI is InChI=1S/C10H20N2S/c1-10(2,3)9(11)12-6-8-4-5-13-7-8/h8H,4-7H2,1-3H3,(H2,11,12). The van der Waals surface area contributed by atoms with Gasteiger partial charge in [-0.05, 0) is 23.8 Å². The summed E-state index contributed by atoms with van der Waals surface area (Å²) in [6, 6.07) is 0. The summed E-state index contributed by atoms with van der Waals surface area (Å²) in [4.78, 5) is 4.46. The van der Waals surface area contributed by atoms with E-state index in [0.717, 1.165) is 18.3 Å². The molecule has 1 aliphatic rings. The molecule has 1 atom stereocenters. The summed E-state index contributed by atoms with van der Waals surface area (Å²) in [6.45, 7) is 7.25. The number of hydrogen-bond donors (Lipinski definition) is 1. The summed E-state index contributed by atoms with van der Waals surface area (Å²) < 4.78 is 0. The normalized spacial score (nSPS) is 25.2. The molecule has 76 valence electrons. The molecule has 0 bridgehead atoms. The number of aliphatic imine (C=N–C) groups is 1. The lowest BCUT2D eigenvalue weighted by atomic mass is 9.95. The van der Waals surface area contributed by atoms with Crippen molar-refractivity contribution in [3.63, 3.8) is 0 Å². The zero-order valence-electron chi connectivity index (χ0n) is 8.84. The highest BCUT2D eigenvalue weighted by Crippen LogP contribution is 2.24. The van der Waals surface area contributed by atoms with Crippen LogP contribution < -0.4 is 5.73 Å². The number of amidine groups is 1. The van der Waals surface area contributed by atoms with Crippen LogP contribution in [0, 0.1) is 11.3 Å². The van der Waals surface area contributed by atoms with E-state index in [0.29, 0.717) is 0 Å². The Hall–Kier alpha value is -0.180. The molecular weight excluding hydrogens is 180 g/mol. The van der Waals surface area contributed by atoms with Crippen LogP contribution in [0.4, 0.5) is 0 Å². The molecule has 13 heavy (non-hydrogen) atoms. The van der Waals surface area contributed by atoms with Gasteiger partial charge in [0.2, 0.25) is 0 Å². The molecule has 0 radical (unpaired) electrons. The van der Waals surface area contributed by atoms with Crippen molar-refractivity contribution in [2.45, 2.75) is 27.2 Å². The molecule has 0 spiro atoms. The van der Waals surface area contributed by atoms with E-state index in [2.05, 4.69) is 25.8 Å². The SMILES string of the molecule is CC(C)(C)C(N)=NCC1CCSC1. The highest BCUT2D eigenvalue weighted by Gasteiger charge is 2.18. The van der Waals surface area contributed by atoms with E-state index in [4.69, 9.17) is 5.73 Å². The minimum absolute atomic E-state index is 0.0335. The average Bonchev–Trinajstić information content (AvgIpc) is 2.50. The lowest BCUT2D eigenvalue weighted by Crippen LogP contribution is -2.29. The average molecular weight is 200 g/mol. The first-order valence-electron chi connectivity index (χ1n) is 4.88. The minimum Gasteiger partial charge on any atom is -0.387 e. The van der Waals surface area contributed by atoms with Crippen molar-refractivity contribution in [1.82, 2.24) is 0 Å². The van der Waals surface area contributed by atoms with Gasteiger partial charge in [-0.25, -0.2) is 0 Å². The number of nitrogens with two attached hydrogens (primary N) is 1. The van der Waals surface area contributed by atoms with Crippen LogP contribution >= 0.6 is 11.8 Å². The lowest BCUT2D eigenvalue weighted by molar-refractivity contribution is 0.565. The van der Waals surface area contributed by atoms with E-state index in [1.54, 1.807) is 0 Å². The Morgan fingerprint density at radius 2 is 2.23 bits per heavy atom. The molecule has 0 aromatic heterocycles. The topological polar surface area (TPSA) is 38.4 Å². The summed E-state index contributed by atoms with van der Waals surface area (Å²) in [7, 11) is 0. The van der Waals surface area contributed by atoms with Gasteiger partial charge in [0.25, 0.3) is 0 Å². The van der Waals surface area contributed by atoms with Crippen molar-refractivity contribution < 1.29 is 0 Å². The largest absolute Gasteiger partial charge is 0.387 e. The molecule has 0 amide bonds. The first-order valence-corrected chi connectivity index (χ1v) is 6.04. The molecule has 0 aliphatic carbocycles. The maximum absolute atomic E-state index is 5.87. The lowest BCUT2D eigenvalue weighted by Gasteiger charge is -2.18. The Morgan fingerprint density at radius 3 is 2.69 bits per heavy atom. The summed E-state index contributed by atoms with van der Waals surface area (Å²) in [5.41, 5.74) is 5.91. The van der Waals surface area contributed by atoms with Crippen LogP contribution in [0.15, 0.2) is 4.99 Å². The van der Waals surface area contributed by atoms with Crippen LogP contribution in [0.3, 0.4) is 0 Å². The van der Waals surface area contributed by atoms with E-state index in [9.17, 15) is 0 Å². The maximum atomic E-state index is 5.87. The van der Waals surface area contributed by atoms with Crippen molar-refractivity contribution in [3.8, 4) is 0 Å². The number of thioether (sulfide) groups is 1. The quantitative estimate of drug-likeness (QED) is 0.548. The summed E-state index contributed by atoms with van der Waals surface area (Å²) in [5.74, 6) is 4.13. The van der Waals surface area contributed by atoms with Gasteiger partial charge in [-0.3, -0.25) is 4.99 Å². The van der Waals surface area contributed by atoms with Gasteiger partial charge in [0, 0.05) is 12.0 Å². The molecule has 0 aromatic carbocycles. The zero-order valence-corrected chi connectivity index (χ0v) is 9.66. The molecule has 1 heterocycles. The first kappa shape index (κ1) is 10.9. The fourth-order valence-corrected chi connectivity index (χ4v) is 2.46. The Bertz CT molecular complexity index is 188. The van der Waals surface area contributed by atoms with Gasteiger partial charge >= 0.3 is 0 Å². The molecule has 1 rings (SSSR count). The van der Waals surface area contributed by atoms with E-state index < -0.39 is 0 Å². The van der Waals surface area contributed by atoms with Gasteiger partial charge in [0.15, 0.2) is 0 Å². The minimum atomic E-state index is 0.0335. The molecule has 1 fully saturated rings. The molecule has 1 aliphatic heterocycles. The van der Waals surface area contributed by atoms with Crippen molar-refractivity contribution in [2.75, 3.05) is 18.1 Å². The predicted octanol–water partition coefficient (Wildman–Crippen LogP) is 2.14. The van der Waals surface area contributed by atoms with Crippen molar-refractivity contribution in [2.24, 2.45) is 22.1 Å². The van der Waals surface area contributed by atoms with Gasteiger partial charge in [0.1, 0.15) is 0 Å². The molecule has 0 saturated carbocycles. The number of hydrogen-bond acceptors (Lipinski definition) is 2. The zero-order chi connectivity index (χ0) is 9.90. The molecule has 0 aromatic rings. The van der Waals surface area contributed by atoms with E-state index in [1.807, 2.05) is 11.8 Å². The van der Waals surface area contributed by atoms with Crippen LogP contribution in [-0.2, 0) is 0 Å². The van der Waals surface area contributed by atoms with Gasteiger partial charge in [0.05, 0.1) is 5.84 Å². The van der Waals surface area contributed by atoms with Gasteiger partial charge in [-0.2, -0.15) is 11.8 Å². The van der Waals surface area contributed by atoms with Crippen LogP contribution in [0.1, 0.15) is 27.2 Å². The summed E-state index contributed by atoms with van der Waals surface area (Å²) >= 11 is 2.03. The summed E-state index contributed by atoms with van der Waals surface area (Å²) in [5, 5.41) is 0. The summed E-state index contributed by atoms with van der Waals surface area (Å²) in [6.07, 6.45) is 1.31. The van der Waals surface area contributed by atoms with Crippen LogP contribution in [0.25, 0.3) is 0 Å². The second-order valence-electron chi connectivity index (χ2n) is 4.71. The van der Waals surface area contributed by atoms with Crippen LogP contribution in [0.2, 0.25) is 0 Å². The van der Waals surface area contributed by atoms with Gasteiger partial charge in [-0.15, -0.1) is 0 Å². The molecule has 2 N–H and O–H groups in total. The monoisotopic (exact) mass is 200 g/mol. The number of rotatable bonds is 2. The highest BCUT2D eigenvalue weighted by molar-refractivity contribution is 7.99. The molecule has 1 saturated heterocycles. The third kappa shape index (κ3) is 3.59. The maximum Gasteiger partial charge on any atom is 0.0991 e. The molecular formula is C10H20N2S. The molecule has 2 nitrogen and oxygen atoms in total. The van der Waals surface area contributed by atoms with Crippen LogP contribution in [0.5, 0.6) is 0 Å². The van der Waals surface area contributed by atoms with E-state index in [1.165, 1.54) is 17.9 Å². The number of nitrogens with zero attached hydrogens (tertiary/aromatic N) is 1. The Balaban J connectivity index is 2.38. The van der Waals surface area contributed by atoms with Gasteiger partial charge < -0.3 is 5.73 Å². The Kier molecular flexibility index (Phi) is 3.65. The fraction of sp³-hybridized carbons (Fsp3) is 0.900. The second-order valence-corrected chi connectivity index (χ2v) is 5.86. The fourth-order valence-electron chi connectivity index (χ4n) is 1.19. The highest BCUT2D eigenvalue weighted by atomic mass is 32.2. The predicted molar refractivity (Wildman–Crippen MR) is 61.4 cm³/mol. The van der Waals surface area contributed by atoms with Crippen LogP contribution in [-0.4, -0.2) is 23.9 Å². The molecule has 3 heteroatoms. The van der Waals surface area contributed by atoms with E-state index in [-0.39, 0.29) is 5.41 Å². The first-order chi connectivity index (χ1) is 6.00. The van der Waals surface area contributed by atoms with Crippen molar-refractivity contribution >= 4 is 17.6 Å². The Morgan fingerprint density at radius 1 is 1.54 bits per heavy atom. The van der Waals surface area contributed by atoms with Gasteiger partial charge in [-0.1, -0.05) is 20.8 Å². The Labute approximate surface area is 85.4 Å². The third-order valence-electron chi connectivity index (χ3n) is 2.31. The van der Waals surface area contributed by atoms with Crippen molar-refractivity contribution in [3.05, 3.63) is 0 Å². The molecule has 1 unspecified atom stereocenters. The third-order valence-corrected chi connectivity index (χ3v) is 3.54.